The average Bonchev–Trinajstić information content (AvgIpc) is 2.46. The number of nitrogens with two attached hydrogens (primary N) is 1. The Labute approximate surface area is 137 Å². The van der Waals surface area contributed by atoms with Gasteiger partial charge in [-0.15, -0.1) is 0 Å². The molecule has 0 saturated carbocycles. The van der Waals surface area contributed by atoms with E-state index in [0.29, 0.717) is 6.61 Å². The molecule has 0 aromatic heterocycles. The third-order valence-electron chi connectivity index (χ3n) is 2.60. The van der Waals surface area contributed by atoms with E-state index in [1.807, 2.05) is 0 Å². The summed E-state index contributed by atoms with van der Waals surface area (Å²) >= 11 is 0. The van der Waals surface area contributed by atoms with Gasteiger partial charge in [0, 0.05) is 5.57 Å². The Kier molecular flexibility index (Phi) is 16.3. The summed E-state index contributed by atoms with van der Waals surface area (Å²) in [5.74, 6) is -0.559. The molecule has 0 aliphatic rings. The molecular formula is C16H28N2O5. The lowest BCUT2D eigenvalue weighted by Gasteiger charge is -2.05. The van der Waals surface area contributed by atoms with Gasteiger partial charge >= 0.3 is 12.1 Å². The molecule has 0 aromatic rings. The van der Waals surface area contributed by atoms with Crippen LogP contribution in [-0.4, -0.2) is 31.0 Å². The monoisotopic (exact) mass is 328 g/mol. The number of hydrogen-bond donors (Lipinski definition) is 1. The van der Waals surface area contributed by atoms with Crippen molar-refractivity contribution in [2.75, 3.05) is 6.61 Å². The van der Waals surface area contributed by atoms with Crippen LogP contribution in [0, 0.1) is 0 Å². The molecule has 0 bridgehead atoms. The van der Waals surface area contributed by atoms with Crippen molar-refractivity contribution in [1.29, 1.82) is 0 Å². The van der Waals surface area contributed by atoms with Crippen molar-refractivity contribution in [3.63, 3.8) is 0 Å². The molecule has 2 N–H and O–H groups in total. The average molecular weight is 328 g/mol. The molecule has 0 saturated heterocycles. The molecule has 0 aliphatic carbocycles. The van der Waals surface area contributed by atoms with Gasteiger partial charge in [-0.2, -0.15) is 4.99 Å². The normalized spacial score (nSPS) is 10.4. The van der Waals surface area contributed by atoms with Crippen molar-refractivity contribution in [1.82, 2.24) is 0 Å². The molecule has 0 aliphatic heterocycles. The zero-order chi connectivity index (χ0) is 18.1. The molecule has 132 valence electrons. The van der Waals surface area contributed by atoms with Crippen molar-refractivity contribution in [3.05, 3.63) is 12.2 Å². The van der Waals surface area contributed by atoms with E-state index in [0.717, 1.165) is 12.8 Å². The fourth-order valence-corrected chi connectivity index (χ4v) is 1.41. The predicted molar refractivity (Wildman–Crippen MR) is 87.4 cm³/mol. The van der Waals surface area contributed by atoms with Crippen LogP contribution < -0.4 is 5.73 Å². The van der Waals surface area contributed by atoms with Gasteiger partial charge in [0.25, 0.3) is 0 Å². The number of unbranched alkanes of at least 4 members (excludes halogenated alkanes) is 5. The van der Waals surface area contributed by atoms with E-state index in [4.69, 9.17) is 5.73 Å². The van der Waals surface area contributed by atoms with Gasteiger partial charge in [0.2, 0.25) is 12.3 Å². The maximum Gasteiger partial charge on any atom is 0.404 e. The number of hydrogen-bond acceptors (Lipinski definition) is 6. The predicted octanol–water partition coefficient (Wildman–Crippen LogP) is 3.23. The van der Waals surface area contributed by atoms with Crippen LogP contribution in [0.3, 0.4) is 0 Å². The Hall–Kier alpha value is -2.14. The molecule has 1 unspecified atom stereocenters. The highest BCUT2D eigenvalue weighted by Crippen LogP contribution is 2.04. The van der Waals surface area contributed by atoms with Gasteiger partial charge in [-0.1, -0.05) is 45.6 Å². The van der Waals surface area contributed by atoms with Crippen LogP contribution in [-0.2, 0) is 19.1 Å². The van der Waals surface area contributed by atoms with Gasteiger partial charge in [0.15, 0.2) is 0 Å². The number of rotatable bonds is 10. The van der Waals surface area contributed by atoms with Crippen molar-refractivity contribution in [3.8, 4) is 0 Å². The summed E-state index contributed by atoms with van der Waals surface area (Å²) in [6, 6.07) is 0. The van der Waals surface area contributed by atoms with Crippen LogP contribution in [0.4, 0.5) is 4.79 Å². The lowest BCUT2D eigenvalue weighted by atomic mass is 10.1. The molecule has 7 nitrogen and oxygen atoms in total. The number of ether oxygens (including phenoxy) is 2. The van der Waals surface area contributed by atoms with Crippen molar-refractivity contribution in [2.24, 2.45) is 10.7 Å². The van der Waals surface area contributed by atoms with E-state index in [2.05, 4.69) is 28.0 Å². The van der Waals surface area contributed by atoms with Crippen LogP contribution in [0.25, 0.3) is 0 Å². The minimum absolute atomic E-state index is 0.276. The maximum atomic E-state index is 10.7. The Morgan fingerprint density at radius 3 is 2.26 bits per heavy atom. The number of primary amides is 1. The Morgan fingerprint density at radius 1 is 1.22 bits per heavy atom. The molecule has 0 aromatic carbocycles. The summed E-state index contributed by atoms with van der Waals surface area (Å²) in [6.45, 7) is 9.00. The number of carbonyl (C=O) groups is 2. The highest BCUT2D eigenvalue weighted by atomic mass is 16.6. The van der Waals surface area contributed by atoms with Crippen LogP contribution in [0.2, 0.25) is 0 Å². The molecular weight excluding hydrogens is 300 g/mol. The maximum absolute atomic E-state index is 10.7. The van der Waals surface area contributed by atoms with Crippen LogP contribution >= 0.6 is 0 Å². The Balaban J connectivity index is 0. The summed E-state index contributed by atoms with van der Waals surface area (Å²) in [4.78, 5) is 33.7. The Bertz CT molecular complexity index is 403. The third kappa shape index (κ3) is 19.9. The van der Waals surface area contributed by atoms with E-state index in [1.165, 1.54) is 45.6 Å². The topological polar surface area (TPSA) is 108 Å². The van der Waals surface area contributed by atoms with Gasteiger partial charge < -0.3 is 15.2 Å². The number of aliphatic imine (C=N–C) groups is 1. The minimum atomic E-state index is -0.781. The molecule has 1 amide bonds. The van der Waals surface area contributed by atoms with Crippen LogP contribution in [0.15, 0.2) is 17.1 Å². The lowest BCUT2D eigenvalue weighted by Crippen LogP contribution is -2.13. The largest absolute Gasteiger partial charge is 0.450 e. The van der Waals surface area contributed by atoms with Crippen LogP contribution in [0.1, 0.15) is 59.3 Å². The van der Waals surface area contributed by atoms with Crippen molar-refractivity contribution >= 4 is 18.1 Å². The summed E-state index contributed by atoms with van der Waals surface area (Å²) < 4.78 is 9.17. The summed E-state index contributed by atoms with van der Waals surface area (Å²) in [7, 11) is 0. The molecule has 0 heterocycles. The highest BCUT2D eigenvalue weighted by Gasteiger charge is 2.07. The van der Waals surface area contributed by atoms with E-state index < -0.39 is 18.3 Å². The quantitative estimate of drug-likeness (QED) is 0.218. The number of nitrogens with zero attached hydrogens (tertiary/aromatic N) is 1. The van der Waals surface area contributed by atoms with E-state index in [-0.39, 0.29) is 5.57 Å². The zero-order valence-electron chi connectivity index (χ0n) is 14.3. The third-order valence-corrected chi connectivity index (χ3v) is 2.60. The van der Waals surface area contributed by atoms with E-state index in [1.54, 1.807) is 0 Å². The molecule has 23 heavy (non-hydrogen) atoms. The van der Waals surface area contributed by atoms with E-state index in [9.17, 15) is 14.4 Å². The first-order valence-electron chi connectivity index (χ1n) is 7.70. The zero-order valence-corrected chi connectivity index (χ0v) is 14.3. The van der Waals surface area contributed by atoms with Gasteiger partial charge in [0.05, 0.1) is 6.61 Å². The first kappa shape index (κ1) is 23.1. The van der Waals surface area contributed by atoms with Crippen molar-refractivity contribution < 1.29 is 23.9 Å². The second-order valence-electron chi connectivity index (χ2n) is 4.94. The number of amides is 1. The fourth-order valence-electron chi connectivity index (χ4n) is 1.41. The fraction of sp³-hybridized carbons (Fsp3) is 0.688. The van der Waals surface area contributed by atoms with Crippen LogP contribution in [0.5, 0.6) is 0 Å². The number of esters is 1. The molecule has 1 atom stereocenters. The standard InChI is InChI=1S/C9H19NO2.C7H9NO3/c1-2-3-4-5-6-7-8-12-9(10)11;1-5(2)7(10)11-6(3)8-4-9/h2-8H2,1H3,(H2,10,11);6H,1H2,2-3H3. The number of carbonyl (C=O) groups excluding carboxylic acids is 3. The highest BCUT2D eigenvalue weighted by molar-refractivity contribution is 5.87. The Morgan fingerprint density at radius 2 is 1.78 bits per heavy atom. The number of isocyanates is 1. The van der Waals surface area contributed by atoms with E-state index >= 15 is 0 Å². The summed E-state index contributed by atoms with van der Waals surface area (Å²) in [6.07, 6.45) is 6.99. The lowest BCUT2D eigenvalue weighted by molar-refractivity contribution is -0.142. The van der Waals surface area contributed by atoms with Gasteiger partial charge in [-0.25, -0.2) is 14.4 Å². The smallest absolute Gasteiger partial charge is 0.404 e. The summed E-state index contributed by atoms with van der Waals surface area (Å²) in [5, 5.41) is 0. The van der Waals surface area contributed by atoms with Gasteiger partial charge in [-0.3, -0.25) is 0 Å². The molecule has 0 spiro atoms. The molecule has 0 rings (SSSR count). The van der Waals surface area contributed by atoms with Gasteiger partial charge in [0.1, 0.15) is 0 Å². The van der Waals surface area contributed by atoms with Crippen molar-refractivity contribution in [2.45, 2.75) is 65.5 Å². The van der Waals surface area contributed by atoms with Gasteiger partial charge in [-0.05, 0) is 20.3 Å². The minimum Gasteiger partial charge on any atom is -0.450 e. The molecule has 7 heteroatoms. The molecule has 0 radical (unpaired) electrons. The first-order chi connectivity index (χ1) is 10.8. The molecule has 0 fully saturated rings. The second kappa shape index (κ2) is 16.2. The SMILES string of the molecule is C=C(C)C(=O)OC(C)N=C=O.CCCCCCCCOC(N)=O. The summed E-state index contributed by atoms with van der Waals surface area (Å²) in [5.41, 5.74) is 5.07. The second-order valence-corrected chi connectivity index (χ2v) is 4.94. The first-order valence-corrected chi connectivity index (χ1v) is 7.70.